The highest BCUT2D eigenvalue weighted by atomic mass is 79.9. The van der Waals surface area contributed by atoms with E-state index in [2.05, 4.69) is 43.3 Å². The summed E-state index contributed by atoms with van der Waals surface area (Å²) in [6.45, 7) is 0. The average Bonchev–Trinajstić information content (AvgIpc) is 2.83. The summed E-state index contributed by atoms with van der Waals surface area (Å²) >= 11 is 21.6. The largest absolute Gasteiger partial charge is 0.142 e. The van der Waals surface area contributed by atoms with Crippen molar-refractivity contribution in [1.82, 2.24) is 0 Å². The maximum absolute atomic E-state index is 6.65. The van der Waals surface area contributed by atoms with Crippen molar-refractivity contribution in [2.75, 3.05) is 0 Å². The van der Waals surface area contributed by atoms with Crippen molar-refractivity contribution >= 4 is 76.5 Å². The Hall–Kier alpha value is -0.0600. The van der Waals surface area contributed by atoms with E-state index in [0.717, 1.165) is 20.1 Å². The van der Waals surface area contributed by atoms with Crippen LogP contribution in [-0.2, 0) is 0 Å². The van der Waals surface area contributed by atoms with Crippen LogP contribution in [0.2, 0.25) is 5.02 Å². The quantitative estimate of drug-likeness (QED) is 0.356. The minimum atomic E-state index is -0.251. The van der Waals surface area contributed by atoms with Crippen LogP contribution in [0.25, 0.3) is 10.1 Å². The molecule has 3 rings (SSSR count). The van der Waals surface area contributed by atoms with E-state index in [-0.39, 0.29) is 5.38 Å². The van der Waals surface area contributed by atoms with Crippen molar-refractivity contribution in [2.45, 2.75) is 5.38 Å². The van der Waals surface area contributed by atoms with Gasteiger partial charge in [-0.3, -0.25) is 0 Å². The second-order valence-electron chi connectivity index (χ2n) is 4.34. The lowest BCUT2D eigenvalue weighted by Gasteiger charge is -2.11. The highest BCUT2D eigenvalue weighted by molar-refractivity contribution is 9.11. The molecule has 1 heterocycles. The van der Waals surface area contributed by atoms with E-state index < -0.39 is 0 Å². The molecular weight excluding hydrogens is 443 g/mol. The first-order valence-electron chi connectivity index (χ1n) is 5.82. The molecule has 102 valence electrons. The third-order valence-corrected chi connectivity index (χ3v) is 6.35. The highest BCUT2D eigenvalue weighted by Gasteiger charge is 2.18. The molecular formula is C15H8Br2Cl2S. The van der Waals surface area contributed by atoms with E-state index in [9.17, 15) is 0 Å². The molecule has 3 aromatic rings. The Balaban J connectivity index is 2.13. The number of fused-ring (bicyclic) bond motifs is 1. The van der Waals surface area contributed by atoms with Crippen LogP contribution in [0.5, 0.6) is 0 Å². The maximum Gasteiger partial charge on any atom is 0.0863 e. The molecule has 1 atom stereocenters. The Kier molecular flexibility index (Phi) is 4.44. The summed E-state index contributed by atoms with van der Waals surface area (Å²) in [5, 5.41) is 3.70. The minimum Gasteiger partial charge on any atom is -0.142 e. The average molecular weight is 451 g/mol. The Morgan fingerprint density at radius 1 is 1.05 bits per heavy atom. The van der Waals surface area contributed by atoms with Crippen LogP contribution in [0.4, 0.5) is 0 Å². The molecule has 0 fully saturated rings. The number of hydrogen-bond donors (Lipinski definition) is 0. The van der Waals surface area contributed by atoms with E-state index in [1.807, 2.05) is 30.3 Å². The van der Waals surface area contributed by atoms with Crippen molar-refractivity contribution in [3.8, 4) is 0 Å². The first-order valence-corrected chi connectivity index (χ1v) is 9.10. The van der Waals surface area contributed by atoms with E-state index in [1.165, 1.54) is 10.1 Å². The van der Waals surface area contributed by atoms with Crippen LogP contribution in [-0.4, -0.2) is 0 Å². The second-order valence-corrected chi connectivity index (χ2v) is 7.83. The SMILES string of the molecule is Clc1cc(Br)ccc1C(Cl)c1csc2c(Br)cccc12. The Morgan fingerprint density at radius 2 is 1.85 bits per heavy atom. The van der Waals surface area contributed by atoms with Gasteiger partial charge in [0.25, 0.3) is 0 Å². The fraction of sp³-hybridized carbons (Fsp3) is 0.0667. The Bertz CT molecular complexity index is 783. The molecule has 0 radical (unpaired) electrons. The molecule has 0 N–H and O–H groups in total. The minimum absolute atomic E-state index is 0.251. The van der Waals surface area contributed by atoms with Crippen LogP contribution in [0.1, 0.15) is 16.5 Å². The highest BCUT2D eigenvalue weighted by Crippen LogP contribution is 2.42. The number of benzene rings is 2. The third kappa shape index (κ3) is 2.67. The molecule has 0 nitrogen and oxygen atoms in total. The zero-order chi connectivity index (χ0) is 14.3. The van der Waals surface area contributed by atoms with Crippen molar-refractivity contribution < 1.29 is 0 Å². The van der Waals surface area contributed by atoms with Crippen LogP contribution in [0.15, 0.2) is 50.7 Å². The van der Waals surface area contributed by atoms with E-state index >= 15 is 0 Å². The summed E-state index contributed by atoms with van der Waals surface area (Å²) in [4.78, 5) is 0. The van der Waals surface area contributed by atoms with Gasteiger partial charge < -0.3 is 0 Å². The summed E-state index contributed by atoms with van der Waals surface area (Å²) in [6, 6.07) is 11.9. The number of thiophene rings is 1. The van der Waals surface area contributed by atoms with Crippen LogP contribution >= 0.6 is 66.4 Å². The topological polar surface area (TPSA) is 0 Å². The summed E-state index contributed by atoms with van der Waals surface area (Å²) in [7, 11) is 0. The normalized spacial score (nSPS) is 12.8. The fourth-order valence-electron chi connectivity index (χ4n) is 2.11. The molecule has 0 saturated carbocycles. The number of hydrogen-bond acceptors (Lipinski definition) is 1. The van der Waals surface area contributed by atoms with Crippen LogP contribution in [0.3, 0.4) is 0 Å². The van der Waals surface area contributed by atoms with E-state index in [4.69, 9.17) is 23.2 Å². The zero-order valence-electron chi connectivity index (χ0n) is 10.0. The molecule has 0 aliphatic carbocycles. The van der Waals surface area contributed by atoms with Gasteiger partial charge in [-0.1, -0.05) is 45.7 Å². The molecule has 0 bridgehead atoms. The van der Waals surface area contributed by atoms with Gasteiger partial charge in [0.15, 0.2) is 0 Å². The molecule has 1 aromatic heterocycles. The number of rotatable bonds is 2. The van der Waals surface area contributed by atoms with Crippen molar-refractivity contribution in [3.05, 3.63) is 66.9 Å². The van der Waals surface area contributed by atoms with Gasteiger partial charge in [0.2, 0.25) is 0 Å². The van der Waals surface area contributed by atoms with Crippen molar-refractivity contribution in [2.24, 2.45) is 0 Å². The third-order valence-electron chi connectivity index (χ3n) is 3.09. The van der Waals surface area contributed by atoms with Crippen LogP contribution < -0.4 is 0 Å². The molecule has 0 aliphatic heterocycles. The van der Waals surface area contributed by atoms with Gasteiger partial charge in [-0.2, -0.15) is 0 Å². The molecule has 0 aliphatic rings. The molecule has 2 aromatic carbocycles. The molecule has 0 spiro atoms. The maximum atomic E-state index is 6.65. The molecule has 20 heavy (non-hydrogen) atoms. The van der Waals surface area contributed by atoms with Gasteiger partial charge in [-0.25, -0.2) is 0 Å². The summed E-state index contributed by atoms with van der Waals surface area (Å²) in [5.74, 6) is 0. The Morgan fingerprint density at radius 3 is 2.60 bits per heavy atom. The van der Waals surface area contributed by atoms with E-state index in [1.54, 1.807) is 11.3 Å². The molecule has 0 saturated heterocycles. The number of alkyl halides is 1. The smallest absolute Gasteiger partial charge is 0.0863 e. The summed E-state index contributed by atoms with van der Waals surface area (Å²) in [5.41, 5.74) is 2.02. The van der Waals surface area contributed by atoms with E-state index in [0.29, 0.717) is 5.02 Å². The standard InChI is InChI=1S/C15H8Br2Cl2S/c16-8-4-5-10(13(18)6-8)14(19)11-7-20-15-9(11)2-1-3-12(15)17/h1-7,14H. The number of halogens is 4. The second kappa shape index (κ2) is 5.98. The molecule has 1 unspecified atom stereocenters. The van der Waals surface area contributed by atoms with Crippen LogP contribution in [0, 0.1) is 0 Å². The Labute approximate surface area is 148 Å². The van der Waals surface area contributed by atoms with Gasteiger partial charge in [-0.05, 0) is 56.0 Å². The predicted octanol–water partition coefficient (Wildman–Crippen LogP) is 7.41. The summed E-state index contributed by atoms with van der Waals surface area (Å²) in [6.07, 6.45) is 0. The zero-order valence-corrected chi connectivity index (χ0v) is 15.5. The van der Waals surface area contributed by atoms with Gasteiger partial charge in [0, 0.05) is 18.7 Å². The first-order chi connectivity index (χ1) is 9.58. The van der Waals surface area contributed by atoms with Crippen molar-refractivity contribution in [1.29, 1.82) is 0 Å². The van der Waals surface area contributed by atoms with Crippen molar-refractivity contribution in [3.63, 3.8) is 0 Å². The van der Waals surface area contributed by atoms with Gasteiger partial charge in [-0.15, -0.1) is 22.9 Å². The fourth-order valence-corrected chi connectivity index (χ4v) is 5.04. The lowest BCUT2D eigenvalue weighted by Crippen LogP contribution is -1.93. The summed E-state index contributed by atoms with van der Waals surface area (Å²) < 4.78 is 3.26. The first kappa shape index (κ1) is 14.9. The monoisotopic (exact) mass is 448 g/mol. The van der Waals surface area contributed by atoms with Gasteiger partial charge in [0.05, 0.1) is 5.38 Å². The lowest BCUT2D eigenvalue weighted by molar-refractivity contribution is 1.17. The lowest BCUT2D eigenvalue weighted by atomic mass is 10.0. The van der Waals surface area contributed by atoms with Gasteiger partial charge >= 0.3 is 0 Å². The van der Waals surface area contributed by atoms with Gasteiger partial charge in [0.1, 0.15) is 0 Å². The molecule has 5 heteroatoms. The predicted molar refractivity (Wildman–Crippen MR) is 96.4 cm³/mol. The molecule has 0 amide bonds.